The lowest BCUT2D eigenvalue weighted by molar-refractivity contribution is -0.121. The van der Waals surface area contributed by atoms with Crippen LogP contribution in [0.25, 0.3) is 0 Å². The number of aromatic nitrogens is 4. The highest BCUT2D eigenvalue weighted by Gasteiger charge is 2.47. The van der Waals surface area contributed by atoms with Gasteiger partial charge in [-0.3, -0.25) is 9.48 Å². The number of aliphatic hydroxyl groups is 1. The Balaban J connectivity index is 1.50. The fourth-order valence-electron chi connectivity index (χ4n) is 4.07. The average molecular weight is 447 g/mol. The zero-order chi connectivity index (χ0) is 23.9. The topological polar surface area (TPSA) is 108 Å². The molecule has 1 aliphatic heterocycles. The number of aliphatic hydroxyl groups excluding tert-OH is 1. The zero-order valence-electron chi connectivity index (χ0n) is 20.0. The van der Waals surface area contributed by atoms with E-state index in [1.165, 1.54) is 16.7 Å². The lowest BCUT2D eigenvalue weighted by atomic mass is 9.70. The largest absolute Gasteiger partial charge is 0.391 e. The van der Waals surface area contributed by atoms with E-state index in [-0.39, 0.29) is 5.91 Å². The number of amides is 1. The maximum Gasteiger partial charge on any atom is 0.244 e. The van der Waals surface area contributed by atoms with Crippen molar-refractivity contribution < 1.29 is 9.90 Å². The number of nitrogens with zero attached hydrogens (tertiary/aromatic N) is 5. The number of rotatable bonds is 6. The molecule has 0 saturated heterocycles. The van der Waals surface area contributed by atoms with E-state index in [1.54, 1.807) is 26.7 Å². The van der Waals surface area contributed by atoms with Gasteiger partial charge in [-0.15, -0.1) is 0 Å². The molecule has 2 aromatic heterocycles. The molecule has 10 heteroatoms. The molecule has 0 saturated carbocycles. The maximum atomic E-state index is 12.7. The molecule has 9 nitrogen and oxygen atoms in total. The van der Waals surface area contributed by atoms with E-state index in [4.69, 9.17) is 0 Å². The summed E-state index contributed by atoms with van der Waals surface area (Å²) in [5, 5.41) is 20.9. The van der Waals surface area contributed by atoms with Gasteiger partial charge in [0.25, 0.3) is 0 Å². The van der Waals surface area contributed by atoms with Gasteiger partial charge in [0.1, 0.15) is 11.1 Å². The van der Waals surface area contributed by atoms with Crippen LogP contribution in [0.4, 0.5) is 17.5 Å². The van der Waals surface area contributed by atoms with E-state index in [2.05, 4.69) is 57.7 Å². The second kappa shape index (κ2) is 8.51. The lowest BCUT2D eigenvalue weighted by Gasteiger charge is -2.45. The van der Waals surface area contributed by atoms with Crippen LogP contribution in [0.2, 0.25) is 0 Å². The molecule has 33 heavy (non-hydrogen) atoms. The molecule has 4 rings (SSSR count). The highest BCUT2D eigenvalue weighted by molar-refractivity contribution is 6.34. The Kier molecular flexibility index (Phi) is 5.88. The van der Waals surface area contributed by atoms with Gasteiger partial charge in [0.15, 0.2) is 13.7 Å². The first-order chi connectivity index (χ1) is 15.6. The summed E-state index contributed by atoms with van der Waals surface area (Å²) in [4.78, 5) is 23.5. The van der Waals surface area contributed by atoms with Gasteiger partial charge >= 0.3 is 0 Å². The molecule has 2 atom stereocenters. The van der Waals surface area contributed by atoms with Crippen molar-refractivity contribution in [1.82, 2.24) is 19.7 Å². The van der Waals surface area contributed by atoms with Crippen molar-refractivity contribution in [2.24, 2.45) is 0 Å². The summed E-state index contributed by atoms with van der Waals surface area (Å²) < 4.78 is 1.92. The minimum atomic E-state index is -1.12. The van der Waals surface area contributed by atoms with Crippen LogP contribution in [0.1, 0.15) is 34.9 Å². The van der Waals surface area contributed by atoms with Crippen LogP contribution >= 0.6 is 0 Å². The normalized spacial score (nSPS) is 18.6. The van der Waals surface area contributed by atoms with Crippen molar-refractivity contribution >= 4 is 31.2 Å². The zero-order valence-corrected chi connectivity index (χ0v) is 20.0. The Bertz CT molecular complexity index is 1210. The summed E-state index contributed by atoms with van der Waals surface area (Å²) in [5.74, 6) is 0.735. The molecule has 0 bridgehead atoms. The average Bonchev–Trinajstić information content (AvgIpc) is 3.21. The van der Waals surface area contributed by atoms with Gasteiger partial charge in [-0.2, -0.15) is 10.1 Å². The number of likely N-dealkylation sites (N-methyl/N-ethyl adjacent to an activating group) is 1. The Morgan fingerprint density at radius 3 is 2.73 bits per heavy atom. The highest BCUT2D eigenvalue weighted by Crippen LogP contribution is 2.36. The number of carbonyl (C=O) groups is 1. The molecule has 3 heterocycles. The predicted molar refractivity (Wildman–Crippen MR) is 131 cm³/mol. The minimum absolute atomic E-state index is 0.281. The molecule has 1 aliphatic rings. The van der Waals surface area contributed by atoms with E-state index < -0.39 is 11.5 Å². The van der Waals surface area contributed by atoms with E-state index in [1.807, 2.05) is 24.0 Å². The molecule has 3 N–H and O–H groups in total. The van der Waals surface area contributed by atoms with Crippen molar-refractivity contribution in [2.45, 2.75) is 52.3 Å². The molecular weight excluding hydrogens is 417 g/mol. The van der Waals surface area contributed by atoms with Crippen LogP contribution in [-0.2, 0) is 17.9 Å². The van der Waals surface area contributed by atoms with Crippen molar-refractivity contribution in [2.75, 3.05) is 22.6 Å². The summed E-state index contributed by atoms with van der Waals surface area (Å²) >= 11 is 0. The Morgan fingerprint density at radius 1 is 1.27 bits per heavy atom. The Morgan fingerprint density at radius 2 is 2.03 bits per heavy atom. The molecule has 0 aliphatic carbocycles. The second-order valence-corrected chi connectivity index (χ2v) is 9.00. The molecule has 0 spiro atoms. The molecule has 0 fully saturated rings. The third kappa shape index (κ3) is 4.18. The third-order valence-electron chi connectivity index (χ3n) is 6.56. The number of carbonyl (C=O) groups excluding carboxylic acids is 1. The fourth-order valence-corrected chi connectivity index (χ4v) is 4.07. The summed E-state index contributed by atoms with van der Waals surface area (Å²) in [5.41, 5.74) is 4.84. The van der Waals surface area contributed by atoms with E-state index in [9.17, 15) is 9.90 Å². The van der Waals surface area contributed by atoms with Crippen LogP contribution < -0.4 is 15.5 Å². The molecule has 172 valence electrons. The highest BCUT2D eigenvalue weighted by atomic mass is 16.3. The van der Waals surface area contributed by atoms with E-state index in [0.29, 0.717) is 36.2 Å². The SMILES string of the molecule is BC1(C(C)O)C(=O)Nc2c(C)nc(NCc3cnn(Cc4ccc(C)cc4C)c3)nc2N1C. The van der Waals surface area contributed by atoms with Crippen LogP contribution in [0, 0.1) is 20.8 Å². The van der Waals surface area contributed by atoms with Gasteiger partial charge in [0, 0.05) is 25.4 Å². The number of benzene rings is 1. The van der Waals surface area contributed by atoms with E-state index in [0.717, 1.165) is 5.56 Å². The van der Waals surface area contributed by atoms with Gasteiger partial charge in [0.2, 0.25) is 11.9 Å². The molecule has 1 amide bonds. The van der Waals surface area contributed by atoms with Crippen LogP contribution in [0.3, 0.4) is 0 Å². The number of anilines is 3. The third-order valence-corrected chi connectivity index (χ3v) is 6.56. The number of hydrogen-bond donors (Lipinski definition) is 3. The van der Waals surface area contributed by atoms with Crippen LogP contribution in [0.5, 0.6) is 0 Å². The molecular formula is C23H30BN7O2. The standard InChI is InChI=1S/C23H30BN7O2/c1-13-6-7-18(14(2)8-13)12-31-11-17(10-26-31)9-25-22-27-15(3)19-20(29-22)30(5)23(24,16(4)32)21(33)28-19/h6-8,10-11,16,32H,9,12,24H2,1-5H3,(H,28,33)(H,25,27,29). The lowest BCUT2D eigenvalue weighted by Crippen LogP contribution is -2.65. The van der Waals surface area contributed by atoms with Crippen molar-refractivity contribution in [3.05, 3.63) is 58.5 Å². The molecule has 2 unspecified atom stereocenters. The predicted octanol–water partition coefficient (Wildman–Crippen LogP) is 1.36. The first kappa shape index (κ1) is 22.8. The number of nitrogens with one attached hydrogen (secondary N) is 2. The van der Waals surface area contributed by atoms with Gasteiger partial charge in [-0.1, -0.05) is 23.8 Å². The summed E-state index contributed by atoms with van der Waals surface area (Å²) in [6.07, 6.45) is 2.96. The van der Waals surface area contributed by atoms with Gasteiger partial charge in [0.05, 0.1) is 24.5 Å². The number of aryl methyl sites for hydroxylation is 3. The molecule has 3 aromatic rings. The van der Waals surface area contributed by atoms with Crippen LogP contribution in [0.15, 0.2) is 30.6 Å². The monoisotopic (exact) mass is 447 g/mol. The fraction of sp³-hybridized carbons (Fsp3) is 0.391. The second-order valence-electron chi connectivity index (χ2n) is 9.00. The first-order valence-corrected chi connectivity index (χ1v) is 11.0. The quantitative estimate of drug-likeness (QED) is 0.490. The minimum Gasteiger partial charge on any atom is -0.391 e. The number of fused-ring (bicyclic) bond motifs is 1. The Hall–Kier alpha value is -3.40. The summed E-state index contributed by atoms with van der Waals surface area (Å²) in [6, 6.07) is 6.44. The summed E-state index contributed by atoms with van der Waals surface area (Å²) in [7, 11) is 3.46. The van der Waals surface area contributed by atoms with E-state index >= 15 is 0 Å². The van der Waals surface area contributed by atoms with Crippen molar-refractivity contribution in [3.8, 4) is 0 Å². The molecule has 1 aromatic carbocycles. The summed E-state index contributed by atoms with van der Waals surface area (Å²) in [6.45, 7) is 8.86. The smallest absolute Gasteiger partial charge is 0.244 e. The maximum absolute atomic E-state index is 12.7. The van der Waals surface area contributed by atoms with Gasteiger partial charge in [-0.25, -0.2) is 4.98 Å². The van der Waals surface area contributed by atoms with Crippen molar-refractivity contribution in [3.63, 3.8) is 0 Å². The molecule has 0 radical (unpaired) electrons. The van der Waals surface area contributed by atoms with Crippen molar-refractivity contribution in [1.29, 1.82) is 0 Å². The number of hydrogen-bond acceptors (Lipinski definition) is 7. The first-order valence-electron chi connectivity index (χ1n) is 11.0. The van der Waals surface area contributed by atoms with Gasteiger partial charge in [-0.05, 0) is 38.8 Å². The van der Waals surface area contributed by atoms with Crippen LogP contribution in [-0.4, -0.2) is 57.2 Å². The Labute approximate surface area is 194 Å². The van der Waals surface area contributed by atoms with Gasteiger partial charge < -0.3 is 20.6 Å².